The van der Waals surface area contributed by atoms with Crippen LogP contribution in [0, 0.1) is 5.82 Å². The average molecular weight is 367 g/mol. The van der Waals surface area contributed by atoms with Crippen molar-refractivity contribution in [1.82, 2.24) is 9.62 Å². The van der Waals surface area contributed by atoms with Crippen molar-refractivity contribution < 1.29 is 12.8 Å². The van der Waals surface area contributed by atoms with Crippen molar-refractivity contribution >= 4 is 26.0 Å². The van der Waals surface area contributed by atoms with E-state index in [4.69, 9.17) is 0 Å². The molecule has 114 valence electrons. The summed E-state index contributed by atoms with van der Waals surface area (Å²) in [5.74, 6) is -0.587. The zero-order valence-corrected chi connectivity index (χ0v) is 14.1. The van der Waals surface area contributed by atoms with Crippen LogP contribution < -0.4 is 4.72 Å². The summed E-state index contributed by atoms with van der Waals surface area (Å²) in [7, 11) is -3.64. The number of halogens is 2. The van der Waals surface area contributed by atoms with Crippen molar-refractivity contribution in [2.75, 3.05) is 26.2 Å². The molecule has 0 aliphatic rings. The molecule has 0 radical (unpaired) electrons. The summed E-state index contributed by atoms with van der Waals surface area (Å²) >= 11 is 3.00. The average Bonchev–Trinajstić information content (AvgIpc) is 2.42. The third-order valence-electron chi connectivity index (χ3n) is 3.04. The van der Waals surface area contributed by atoms with Gasteiger partial charge in [0.05, 0.1) is 9.37 Å². The van der Waals surface area contributed by atoms with Crippen molar-refractivity contribution in [2.45, 2.75) is 25.2 Å². The minimum atomic E-state index is -3.64. The SMILES string of the molecule is CCN(CC)CCCNS(=O)(=O)c1ccc(Br)c(F)c1. The van der Waals surface area contributed by atoms with Crippen molar-refractivity contribution in [1.29, 1.82) is 0 Å². The summed E-state index contributed by atoms with van der Waals surface area (Å²) in [5.41, 5.74) is 0. The van der Waals surface area contributed by atoms with Gasteiger partial charge >= 0.3 is 0 Å². The Labute approximate surface area is 128 Å². The van der Waals surface area contributed by atoms with E-state index in [2.05, 4.69) is 39.4 Å². The Morgan fingerprint density at radius 2 is 1.95 bits per heavy atom. The van der Waals surface area contributed by atoms with Crippen LogP contribution in [0.15, 0.2) is 27.6 Å². The first-order valence-electron chi connectivity index (χ1n) is 6.57. The lowest BCUT2D eigenvalue weighted by Gasteiger charge is -2.17. The Morgan fingerprint density at radius 3 is 2.50 bits per heavy atom. The second-order valence-corrected chi connectivity index (χ2v) is 6.98. The number of sulfonamides is 1. The van der Waals surface area contributed by atoms with Gasteiger partial charge in [0.1, 0.15) is 5.82 Å². The van der Waals surface area contributed by atoms with Crippen molar-refractivity contribution in [3.05, 3.63) is 28.5 Å². The van der Waals surface area contributed by atoms with Gasteiger partial charge in [0, 0.05) is 6.54 Å². The maximum absolute atomic E-state index is 13.3. The molecule has 0 aliphatic heterocycles. The summed E-state index contributed by atoms with van der Waals surface area (Å²) in [5, 5.41) is 0. The van der Waals surface area contributed by atoms with Gasteiger partial charge in [-0.05, 0) is 60.2 Å². The molecule has 0 saturated carbocycles. The van der Waals surface area contributed by atoms with E-state index in [0.717, 1.165) is 32.1 Å². The van der Waals surface area contributed by atoms with Gasteiger partial charge < -0.3 is 4.90 Å². The van der Waals surface area contributed by atoms with Gasteiger partial charge in [0.15, 0.2) is 0 Å². The predicted octanol–water partition coefficient (Wildman–Crippen LogP) is 2.60. The lowest BCUT2D eigenvalue weighted by molar-refractivity contribution is 0.300. The van der Waals surface area contributed by atoms with Gasteiger partial charge in [-0.15, -0.1) is 0 Å². The van der Waals surface area contributed by atoms with Crippen LogP contribution in [0.3, 0.4) is 0 Å². The molecule has 0 heterocycles. The summed E-state index contributed by atoms with van der Waals surface area (Å²) in [6, 6.07) is 3.77. The van der Waals surface area contributed by atoms with Gasteiger partial charge in [-0.1, -0.05) is 13.8 Å². The highest BCUT2D eigenvalue weighted by Gasteiger charge is 2.15. The third kappa shape index (κ3) is 5.12. The van der Waals surface area contributed by atoms with Gasteiger partial charge in [-0.2, -0.15) is 0 Å². The minimum Gasteiger partial charge on any atom is -0.304 e. The molecule has 1 aromatic carbocycles. The van der Waals surface area contributed by atoms with Crippen LogP contribution in [0.4, 0.5) is 4.39 Å². The summed E-state index contributed by atoms with van der Waals surface area (Å²) in [6.45, 7) is 7.21. The summed E-state index contributed by atoms with van der Waals surface area (Å²) in [4.78, 5) is 2.16. The molecule has 0 saturated heterocycles. The smallest absolute Gasteiger partial charge is 0.240 e. The number of benzene rings is 1. The molecule has 20 heavy (non-hydrogen) atoms. The topological polar surface area (TPSA) is 49.4 Å². The van der Waals surface area contributed by atoms with E-state index in [0.29, 0.717) is 6.54 Å². The van der Waals surface area contributed by atoms with Crippen LogP contribution in [-0.2, 0) is 10.0 Å². The van der Waals surface area contributed by atoms with Gasteiger partial charge in [-0.25, -0.2) is 17.5 Å². The molecule has 0 atom stereocenters. The summed E-state index contributed by atoms with van der Waals surface area (Å²) in [6.07, 6.45) is 0.722. The first-order valence-corrected chi connectivity index (χ1v) is 8.85. The van der Waals surface area contributed by atoms with Crippen molar-refractivity contribution in [3.8, 4) is 0 Å². The number of rotatable bonds is 8. The lowest BCUT2D eigenvalue weighted by Crippen LogP contribution is -2.30. The molecule has 4 nitrogen and oxygen atoms in total. The molecular weight excluding hydrogens is 347 g/mol. The number of hydrogen-bond donors (Lipinski definition) is 1. The molecular formula is C13H20BrFN2O2S. The number of nitrogens with zero attached hydrogens (tertiary/aromatic N) is 1. The first-order chi connectivity index (χ1) is 9.40. The van der Waals surface area contributed by atoms with Gasteiger partial charge in [0.25, 0.3) is 0 Å². The Balaban J connectivity index is 2.55. The van der Waals surface area contributed by atoms with Crippen LogP contribution >= 0.6 is 15.9 Å². The second-order valence-electron chi connectivity index (χ2n) is 4.35. The van der Waals surface area contributed by atoms with Crippen molar-refractivity contribution in [2.24, 2.45) is 0 Å². The molecule has 0 fully saturated rings. The third-order valence-corrected chi connectivity index (χ3v) is 5.14. The first kappa shape index (κ1) is 17.6. The number of nitrogens with one attached hydrogen (secondary N) is 1. The van der Waals surface area contributed by atoms with Crippen LogP contribution in [0.1, 0.15) is 20.3 Å². The molecule has 0 spiro atoms. The Morgan fingerprint density at radius 1 is 1.30 bits per heavy atom. The molecule has 0 bridgehead atoms. The Bertz CT molecular complexity index is 533. The quantitative estimate of drug-likeness (QED) is 0.719. The largest absolute Gasteiger partial charge is 0.304 e. The monoisotopic (exact) mass is 366 g/mol. The highest BCUT2D eigenvalue weighted by atomic mass is 79.9. The zero-order valence-electron chi connectivity index (χ0n) is 11.7. The van der Waals surface area contributed by atoms with E-state index < -0.39 is 15.8 Å². The van der Waals surface area contributed by atoms with E-state index >= 15 is 0 Å². The molecule has 7 heteroatoms. The summed E-state index contributed by atoms with van der Waals surface area (Å²) < 4.78 is 40.0. The zero-order chi connectivity index (χ0) is 15.2. The van der Waals surface area contributed by atoms with Gasteiger partial charge in [0.2, 0.25) is 10.0 Å². The normalized spacial score (nSPS) is 12.1. The molecule has 0 aliphatic carbocycles. The molecule has 0 aromatic heterocycles. The molecule has 1 aromatic rings. The molecule has 1 rings (SSSR count). The van der Waals surface area contributed by atoms with Crippen LogP contribution in [0.5, 0.6) is 0 Å². The predicted molar refractivity (Wildman–Crippen MR) is 81.7 cm³/mol. The second kappa shape index (κ2) is 8.07. The van der Waals surface area contributed by atoms with E-state index in [1.54, 1.807) is 0 Å². The van der Waals surface area contributed by atoms with Crippen molar-refractivity contribution in [3.63, 3.8) is 0 Å². The fourth-order valence-electron chi connectivity index (χ4n) is 1.78. The molecule has 1 N–H and O–H groups in total. The Hall–Kier alpha value is -0.500. The van der Waals surface area contributed by atoms with E-state index in [-0.39, 0.29) is 9.37 Å². The van der Waals surface area contributed by atoms with Crippen LogP contribution in [-0.4, -0.2) is 39.5 Å². The standard InChI is InChI=1S/C13H20BrFN2O2S/c1-3-17(4-2)9-5-8-16-20(18,19)11-6-7-12(14)13(15)10-11/h6-7,10,16H,3-5,8-9H2,1-2H3. The van der Waals surface area contributed by atoms with E-state index in [1.807, 2.05) is 0 Å². The highest BCUT2D eigenvalue weighted by Crippen LogP contribution is 2.19. The number of hydrogen-bond acceptors (Lipinski definition) is 3. The molecule has 0 unspecified atom stereocenters. The van der Waals surface area contributed by atoms with E-state index in [1.165, 1.54) is 12.1 Å². The maximum Gasteiger partial charge on any atom is 0.240 e. The van der Waals surface area contributed by atoms with Crippen LogP contribution in [0.25, 0.3) is 0 Å². The Kier molecular flexibility index (Phi) is 7.08. The fourth-order valence-corrected chi connectivity index (χ4v) is 3.11. The van der Waals surface area contributed by atoms with E-state index in [9.17, 15) is 12.8 Å². The van der Waals surface area contributed by atoms with Gasteiger partial charge in [-0.3, -0.25) is 0 Å². The maximum atomic E-state index is 13.3. The highest BCUT2D eigenvalue weighted by molar-refractivity contribution is 9.10. The lowest BCUT2D eigenvalue weighted by atomic mass is 10.3. The van der Waals surface area contributed by atoms with Crippen LogP contribution in [0.2, 0.25) is 0 Å². The fraction of sp³-hybridized carbons (Fsp3) is 0.538. The minimum absolute atomic E-state index is 0.0546. The molecule has 0 amide bonds.